The molecule has 0 saturated heterocycles. The number of hydrogen-bond donors (Lipinski definition) is 2. The molecule has 1 aromatic heterocycles. The van der Waals surface area contributed by atoms with E-state index in [0.717, 1.165) is 12.0 Å². The molecule has 0 atom stereocenters. The summed E-state index contributed by atoms with van der Waals surface area (Å²) in [5.74, 6) is 0.469. The van der Waals surface area contributed by atoms with Crippen molar-refractivity contribution in [3.05, 3.63) is 41.6 Å². The van der Waals surface area contributed by atoms with Gasteiger partial charge in [-0.1, -0.05) is 31.2 Å². The third-order valence-corrected chi connectivity index (χ3v) is 3.02. The van der Waals surface area contributed by atoms with Crippen LogP contribution in [0.1, 0.15) is 29.8 Å². The second-order valence-corrected chi connectivity index (χ2v) is 4.40. The number of aromatic nitrogens is 2. The van der Waals surface area contributed by atoms with Gasteiger partial charge in [0.25, 0.3) is 5.91 Å². The van der Waals surface area contributed by atoms with Crippen LogP contribution < -0.4 is 11.1 Å². The van der Waals surface area contributed by atoms with Crippen LogP contribution in [0.5, 0.6) is 0 Å². The number of anilines is 1. The first kappa shape index (κ1) is 14.0. The molecular weight excluding hydrogens is 252 g/mol. The first-order chi connectivity index (χ1) is 9.65. The van der Waals surface area contributed by atoms with Crippen LogP contribution in [0.2, 0.25) is 0 Å². The van der Waals surface area contributed by atoms with Gasteiger partial charge in [-0.2, -0.15) is 0 Å². The number of nitrogens with one attached hydrogen (secondary N) is 1. The van der Waals surface area contributed by atoms with E-state index in [1.165, 1.54) is 11.8 Å². The molecule has 0 aliphatic carbocycles. The Morgan fingerprint density at radius 3 is 2.50 bits per heavy atom. The number of carbonyl (C=O) groups excluding carboxylic acids is 1. The van der Waals surface area contributed by atoms with Gasteiger partial charge < -0.3 is 11.1 Å². The average molecular weight is 270 g/mol. The van der Waals surface area contributed by atoms with Gasteiger partial charge in [0, 0.05) is 18.3 Å². The van der Waals surface area contributed by atoms with Crippen molar-refractivity contribution >= 4 is 11.7 Å². The monoisotopic (exact) mass is 270 g/mol. The highest BCUT2D eigenvalue weighted by Crippen LogP contribution is 2.18. The average Bonchev–Trinajstić information content (AvgIpc) is 2.47. The van der Waals surface area contributed by atoms with Crippen LogP contribution in [0.3, 0.4) is 0 Å². The van der Waals surface area contributed by atoms with Gasteiger partial charge in [-0.05, 0) is 18.9 Å². The van der Waals surface area contributed by atoms with Crippen molar-refractivity contribution in [2.24, 2.45) is 0 Å². The summed E-state index contributed by atoms with van der Waals surface area (Å²) in [6.45, 7) is 4.49. The molecule has 1 heterocycles. The number of nitrogen functional groups attached to an aromatic ring is 1. The lowest BCUT2D eigenvalue weighted by Crippen LogP contribution is -2.24. The van der Waals surface area contributed by atoms with E-state index in [-0.39, 0.29) is 11.7 Å². The van der Waals surface area contributed by atoms with Crippen LogP contribution in [0.4, 0.5) is 5.82 Å². The number of amides is 1. The van der Waals surface area contributed by atoms with Gasteiger partial charge in [-0.25, -0.2) is 9.97 Å². The van der Waals surface area contributed by atoms with Crippen LogP contribution in [-0.2, 0) is 6.42 Å². The minimum Gasteiger partial charge on any atom is -0.383 e. The number of nitrogens with zero attached hydrogens (tertiary/aromatic N) is 2. The van der Waals surface area contributed by atoms with E-state index in [4.69, 9.17) is 5.73 Å². The number of nitrogens with two attached hydrogens (primary N) is 1. The molecule has 0 fully saturated rings. The van der Waals surface area contributed by atoms with Crippen LogP contribution in [0.15, 0.2) is 30.5 Å². The third-order valence-electron chi connectivity index (χ3n) is 3.02. The normalized spacial score (nSPS) is 10.3. The molecule has 0 radical (unpaired) electrons. The predicted molar refractivity (Wildman–Crippen MR) is 79.3 cm³/mol. The molecule has 0 saturated carbocycles. The molecule has 104 valence electrons. The Morgan fingerprint density at radius 1 is 1.25 bits per heavy atom. The highest BCUT2D eigenvalue weighted by molar-refractivity contribution is 5.98. The molecule has 5 nitrogen and oxygen atoms in total. The summed E-state index contributed by atoms with van der Waals surface area (Å²) >= 11 is 0. The Balaban J connectivity index is 2.30. The van der Waals surface area contributed by atoms with E-state index in [0.29, 0.717) is 17.9 Å². The van der Waals surface area contributed by atoms with Crippen molar-refractivity contribution in [2.45, 2.75) is 20.3 Å². The van der Waals surface area contributed by atoms with Gasteiger partial charge in [0.2, 0.25) is 0 Å². The van der Waals surface area contributed by atoms with Crippen molar-refractivity contribution < 1.29 is 4.79 Å². The number of aryl methyl sites for hydroxylation is 1. The minimum atomic E-state index is -0.252. The van der Waals surface area contributed by atoms with E-state index >= 15 is 0 Å². The van der Waals surface area contributed by atoms with Crippen LogP contribution >= 0.6 is 0 Å². The maximum absolute atomic E-state index is 11.7. The number of rotatable bonds is 4. The molecular formula is C15H18N4O. The predicted octanol–water partition coefficient (Wildman–Crippen LogP) is 2.04. The van der Waals surface area contributed by atoms with Crippen molar-refractivity contribution in [1.82, 2.24) is 15.3 Å². The standard InChI is InChI=1S/C15H18N4O/c1-3-10-5-7-11(8-6-10)14-18-9-12(13(16)19-14)15(20)17-4-2/h5-9H,3-4H2,1-2H3,(H,17,20)(H2,16,18,19). The summed E-state index contributed by atoms with van der Waals surface area (Å²) < 4.78 is 0. The Bertz CT molecular complexity index is 608. The number of carbonyl (C=O) groups is 1. The van der Waals surface area contributed by atoms with Gasteiger partial charge >= 0.3 is 0 Å². The topological polar surface area (TPSA) is 80.9 Å². The SMILES string of the molecule is CCNC(=O)c1cnc(-c2ccc(CC)cc2)nc1N. The minimum absolute atomic E-state index is 0.195. The summed E-state index contributed by atoms with van der Waals surface area (Å²) in [5.41, 5.74) is 8.28. The number of hydrogen-bond acceptors (Lipinski definition) is 4. The smallest absolute Gasteiger partial charge is 0.256 e. The third kappa shape index (κ3) is 2.93. The van der Waals surface area contributed by atoms with Crippen LogP contribution in [0, 0.1) is 0 Å². The fraction of sp³-hybridized carbons (Fsp3) is 0.267. The molecule has 1 amide bonds. The summed E-state index contributed by atoms with van der Waals surface area (Å²) in [7, 11) is 0. The van der Waals surface area contributed by atoms with Gasteiger partial charge in [-0.3, -0.25) is 4.79 Å². The molecule has 0 unspecified atom stereocenters. The van der Waals surface area contributed by atoms with Crippen LogP contribution in [-0.4, -0.2) is 22.4 Å². The fourth-order valence-electron chi connectivity index (χ4n) is 1.85. The summed E-state index contributed by atoms with van der Waals surface area (Å²) in [4.78, 5) is 20.2. The molecule has 0 bridgehead atoms. The number of benzene rings is 1. The van der Waals surface area contributed by atoms with Crippen molar-refractivity contribution in [3.8, 4) is 11.4 Å². The highest BCUT2D eigenvalue weighted by Gasteiger charge is 2.12. The zero-order valence-corrected chi connectivity index (χ0v) is 11.7. The van der Waals surface area contributed by atoms with E-state index in [1.54, 1.807) is 0 Å². The van der Waals surface area contributed by atoms with Gasteiger partial charge in [0.05, 0.1) is 5.56 Å². The van der Waals surface area contributed by atoms with Gasteiger partial charge in [-0.15, -0.1) is 0 Å². The first-order valence-electron chi connectivity index (χ1n) is 6.65. The Kier molecular flexibility index (Phi) is 4.30. The molecule has 20 heavy (non-hydrogen) atoms. The molecule has 3 N–H and O–H groups in total. The van der Waals surface area contributed by atoms with Gasteiger partial charge in [0.1, 0.15) is 5.82 Å². The summed E-state index contributed by atoms with van der Waals surface area (Å²) in [5, 5.41) is 2.68. The van der Waals surface area contributed by atoms with E-state index in [9.17, 15) is 4.79 Å². The lowest BCUT2D eigenvalue weighted by Gasteiger charge is -2.07. The van der Waals surface area contributed by atoms with E-state index in [2.05, 4.69) is 22.2 Å². The van der Waals surface area contributed by atoms with E-state index < -0.39 is 0 Å². The van der Waals surface area contributed by atoms with Crippen molar-refractivity contribution in [2.75, 3.05) is 12.3 Å². The molecule has 2 rings (SSSR count). The van der Waals surface area contributed by atoms with Crippen molar-refractivity contribution in [3.63, 3.8) is 0 Å². The van der Waals surface area contributed by atoms with Crippen LogP contribution in [0.25, 0.3) is 11.4 Å². The maximum Gasteiger partial charge on any atom is 0.256 e. The molecule has 2 aromatic rings. The maximum atomic E-state index is 11.7. The Hall–Kier alpha value is -2.43. The molecule has 0 aliphatic rings. The van der Waals surface area contributed by atoms with Crippen molar-refractivity contribution in [1.29, 1.82) is 0 Å². The quantitative estimate of drug-likeness (QED) is 0.890. The van der Waals surface area contributed by atoms with E-state index in [1.807, 2.05) is 31.2 Å². The molecule has 0 aliphatic heterocycles. The first-order valence-corrected chi connectivity index (χ1v) is 6.65. The molecule has 0 spiro atoms. The Labute approximate surface area is 118 Å². The fourth-order valence-corrected chi connectivity index (χ4v) is 1.85. The molecule has 5 heteroatoms. The van der Waals surface area contributed by atoms with Gasteiger partial charge in [0.15, 0.2) is 5.82 Å². The second-order valence-electron chi connectivity index (χ2n) is 4.40. The lowest BCUT2D eigenvalue weighted by molar-refractivity contribution is 0.0956. The lowest BCUT2D eigenvalue weighted by atomic mass is 10.1. The largest absolute Gasteiger partial charge is 0.383 e. The molecule has 1 aromatic carbocycles. The Morgan fingerprint density at radius 2 is 1.95 bits per heavy atom. The zero-order chi connectivity index (χ0) is 14.5. The second kappa shape index (κ2) is 6.14. The summed E-state index contributed by atoms with van der Waals surface area (Å²) in [6.07, 6.45) is 2.45. The summed E-state index contributed by atoms with van der Waals surface area (Å²) in [6, 6.07) is 7.98. The highest BCUT2D eigenvalue weighted by atomic mass is 16.1. The zero-order valence-electron chi connectivity index (χ0n) is 11.7.